The molecule has 10 heteroatoms. The largest absolute Gasteiger partial charge is 0.484 e. The van der Waals surface area contributed by atoms with Gasteiger partial charge in [-0.25, -0.2) is 0 Å². The molecule has 0 saturated carbocycles. The Morgan fingerprint density at radius 1 is 1.22 bits per heavy atom. The van der Waals surface area contributed by atoms with Gasteiger partial charge >= 0.3 is 0 Å². The van der Waals surface area contributed by atoms with E-state index in [1.165, 1.54) is 12.1 Å². The van der Waals surface area contributed by atoms with Crippen LogP contribution in [0.15, 0.2) is 58.2 Å². The second kappa shape index (κ2) is 8.65. The normalized spacial score (nSPS) is 10.6. The summed E-state index contributed by atoms with van der Waals surface area (Å²) >= 11 is 6.98. The summed E-state index contributed by atoms with van der Waals surface area (Å²) in [5, 5.41) is 18.9. The van der Waals surface area contributed by atoms with Crippen molar-refractivity contribution in [1.29, 1.82) is 0 Å². The van der Waals surface area contributed by atoms with Gasteiger partial charge in [0.15, 0.2) is 12.4 Å². The summed E-state index contributed by atoms with van der Waals surface area (Å²) in [7, 11) is 0. The van der Waals surface area contributed by atoms with E-state index in [2.05, 4.69) is 10.2 Å². The number of thioether (sulfide) groups is 1. The molecule has 0 amide bonds. The van der Waals surface area contributed by atoms with Gasteiger partial charge in [0.05, 0.1) is 15.7 Å². The minimum absolute atomic E-state index is 0.0535. The number of Topliss-reactive ketones (excluding diaryl/α,β-unsaturated/α-hetero) is 1. The molecule has 0 saturated heterocycles. The van der Waals surface area contributed by atoms with Crippen LogP contribution in [0.2, 0.25) is 5.02 Å². The molecule has 3 aromatic rings. The number of nitrogens with zero attached hydrogens (tertiary/aromatic N) is 3. The summed E-state index contributed by atoms with van der Waals surface area (Å²) in [6.07, 6.45) is 0. The quantitative estimate of drug-likeness (QED) is 0.237. The van der Waals surface area contributed by atoms with E-state index >= 15 is 0 Å². The molecule has 3 rings (SSSR count). The van der Waals surface area contributed by atoms with Gasteiger partial charge in [0.2, 0.25) is 0 Å². The number of halogens is 1. The average molecular weight is 406 g/mol. The van der Waals surface area contributed by atoms with E-state index < -0.39 is 4.92 Å². The number of aromatic nitrogens is 2. The van der Waals surface area contributed by atoms with Gasteiger partial charge in [-0.05, 0) is 18.2 Å². The summed E-state index contributed by atoms with van der Waals surface area (Å²) in [4.78, 5) is 22.5. The van der Waals surface area contributed by atoms with E-state index in [0.717, 1.165) is 17.8 Å². The predicted octanol–water partition coefficient (Wildman–Crippen LogP) is 4.19. The highest BCUT2D eigenvalue weighted by Gasteiger charge is 2.17. The molecule has 1 aromatic heterocycles. The SMILES string of the molecule is O=C(CSc1nnc(COc2ccccc2)o1)c1cc([N+](=O)[O-])ccc1Cl. The maximum Gasteiger partial charge on any atom is 0.277 e. The minimum atomic E-state index is -0.586. The number of hydrogen-bond acceptors (Lipinski definition) is 8. The van der Waals surface area contributed by atoms with Gasteiger partial charge in [-0.3, -0.25) is 14.9 Å². The zero-order valence-electron chi connectivity index (χ0n) is 13.7. The highest BCUT2D eigenvalue weighted by molar-refractivity contribution is 7.99. The smallest absolute Gasteiger partial charge is 0.277 e. The molecule has 0 fully saturated rings. The van der Waals surface area contributed by atoms with Crippen LogP contribution in [0, 0.1) is 10.1 Å². The Bertz CT molecular complexity index is 964. The van der Waals surface area contributed by atoms with Gasteiger partial charge in [0.1, 0.15) is 5.75 Å². The van der Waals surface area contributed by atoms with Crippen LogP contribution in [-0.2, 0) is 6.61 Å². The molecule has 8 nitrogen and oxygen atoms in total. The van der Waals surface area contributed by atoms with Crippen molar-refractivity contribution in [2.24, 2.45) is 0 Å². The first-order valence-corrected chi connectivity index (χ1v) is 8.99. The summed E-state index contributed by atoms with van der Waals surface area (Å²) in [5.74, 6) is 0.499. The molecule has 0 spiro atoms. The van der Waals surface area contributed by atoms with Gasteiger partial charge in [0, 0.05) is 17.7 Å². The van der Waals surface area contributed by atoms with Crippen molar-refractivity contribution < 1.29 is 18.9 Å². The number of carbonyl (C=O) groups is 1. The molecule has 0 N–H and O–H groups in total. The Morgan fingerprint density at radius 2 is 2.00 bits per heavy atom. The fraction of sp³-hybridized carbons (Fsp3) is 0.118. The number of non-ortho nitro benzene ring substituents is 1. The molecule has 1 heterocycles. The summed E-state index contributed by atoms with van der Waals surface area (Å²) < 4.78 is 10.9. The number of rotatable bonds is 8. The summed E-state index contributed by atoms with van der Waals surface area (Å²) in [5.41, 5.74) is -0.128. The summed E-state index contributed by atoms with van der Waals surface area (Å²) in [6.45, 7) is 0.0994. The van der Waals surface area contributed by atoms with Crippen molar-refractivity contribution in [1.82, 2.24) is 10.2 Å². The predicted molar refractivity (Wildman–Crippen MR) is 98.2 cm³/mol. The van der Waals surface area contributed by atoms with E-state index in [9.17, 15) is 14.9 Å². The maximum atomic E-state index is 12.3. The molecule has 0 aliphatic heterocycles. The monoisotopic (exact) mass is 405 g/mol. The van der Waals surface area contributed by atoms with Crippen molar-refractivity contribution in [3.63, 3.8) is 0 Å². The van der Waals surface area contributed by atoms with Crippen LogP contribution in [0.3, 0.4) is 0 Å². The minimum Gasteiger partial charge on any atom is -0.484 e. The lowest BCUT2D eigenvalue weighted by Gasteiger charge is -2.02. The second-order valence-electron chi connectivity index (χ2n) is 5.20. The van der Waals surface area contributed by atoms with Crippen LogP contribution in [0.4, 0.5) is 5.69 Å². The van der Waals surface area contributed by atoms with Crippen molar-refractivity contribution in [3.05, 3.63) is 75.1 Å². The lowest BCUT2D eigenvalue weighted by Crippen LogP contribution is -2.04. The van der Waals surface area contributed by atoms with Crippen molar-refractivity contribution in [2.45, 2.75) is 11.8 Å². The zero-order chi connectivity index (χ0) is 19.2. The Kier molecular flexibility index (Phi) is 6.05. The van der Waals surface area contributed by atoms with Crippen LogP contribution in [-0.4, -0.2) is 26.7 Å². The molecule has 0 radical (unpaired) electrons. The molecule has 2 aromatic carbocycles. The molecule has 0 bridgehead atoms. The maximum absolute atomic E-state index is 12.3. The lowest BCUT2D eigenvalue weighted by atomic mass is 10.1. The van der Waals surface area contributed by atoms with Crippen LogP contribution < -0.4 is 4.74 Å². The second-order valence-corrected chi connectivity index (χ2v) is 6.53. The molecular formula is C17H12ClN3O5S. The molecule has 0 atom stereocenters. The fourth-order valence-electron chi connectivity index (χ4n) is 2.06. The number of hydrogen-bond donors (Lipinski definition) is 0. The molecular weight excluding hydrogens is 394 g/mol. The van der Waals surface area contributed by atoms with Gasteiger partial charge in [0.25, 0.3) is 16.8 Å². The fourth-order valence-corrected chi connectivity index (χ4v) is 2.95. The third-order valence-corrected chi connectivity index (χ3v) is 4.49. The molecule has 27 heavy (non-hydrogen) atoms. The number of para-hydroxylation sites is 1. The van der Waals surface area contributed by atoms with Gasteiger partial charge in [-0.2, -0.15) is 0 Å². The van der Waals surface area contributed by atoms with Gasteiger partial charge in [-0.1, -0.05) is 41.6 Å². The Hall–Kier alpha value is -2.91. The highest BCUT2D eigenvalue weighted by Crippen LogP contribution is 2.25. The van der Waals surface area contributed by atoms with Gasteiger partial charge < -0.3 is 9.15 Å². The van der Waals surface area contributed by atoms with E-state index in [0.29, 0.717) is 5.75 Å². The Morgan fingerprint density at radius 3 is 2.74 bits per heavy atom. The van der Waals surface area contributed by atoms with Crippen molar-refractivity contribution in [3.8, 4) is 5.75 Å². The molecule has 0 unspecified atom stereocenters. The van der Waals surface area contributed by atoms with Crippen molar-refractivity contribution in [2.75, 3.05) is 5.75 Å². The van der Waals surface area contributed by atoms with Crippen molar-refractivity contribution >= 4 is 34.8 Å². The van der Waals surface area contributed by atoms with Crippen LogP contribution >= 0.6 is 23.4 Å². The van der Waals surface area contributed by atoms with Gasteiger partial charge in [-0.15, -0.1) is 10.2 Å². The number of benzene rings is 2. The van der Waals surface area contributed by atoms with E-state index in [4.69, 9.17) is 20.8 Å². The average Bonchev–Trinajstić information content (AvgIpc) is 3.13. The topological polar surface area (TPSA) is 108 Å². The molecule has 0 aliphatic carbocycles. The Balaban J connectivity index is 1.57. The third-order valence-electron chi connectivity index (χ3n) is 3.34. The van der Waals surface area contributed by atoms with Crippen LogP contribution in [0.25, 0.3) is 0 Å². The van der Waals surface area contributed by atoms with E-state index in [-0.39, 0.29) is 45.5 Å². The third kappa shape index (κ3) is 5.05. The molecule has 138 valence electrons. The Labute approximate surface area is 162 Å². The first kappa shape index (κ1) is 18.9. The number of nitro benzene ring substituents is 1. The lowest BCUT2D eigenvalue weighted by molar-refractivity contribution is -0.384. The standard InChI is InChI=1S/C17H12ClN3O5S/c18-14-7-6-11(21(23)24)8-13(14)15(22)10-27-17-20-19-16(26-17)9-25-12-4-2-1-3-5-12/h1-8H,9-10H2. The number of ether oxygens (including phenoxy) is 1. The number of nitro groups is 1. The highest BCUT2D eigenvalue weighted by atomic mass is 35.5. The van der Waals surface area contributed by atoms with E-state index in [1.54, 1.807) is 12.1 Å². The van der Waals surface area contributed by atoms with Crippen LogP contribution in [0.5, 0.6) is 5.75 Å². The number of ketones is 1. The number of carbonyl (C=O) groups excluding carboxylic acids is 1. The molecule has 0 aliphatic rings. The van der Waals surface area contributed by atoms with Crippen LogP contribution in [0.1, 0.15) is 16.2 Å². The zero-order valence-corrected chi connectivity index (χ0v) is 15.3. The first-order valence-electron chi connectivity index (χ1n) is 7.63. The first-order chi connectivity index (χ1) is 13.0. The van der Waals surface area contributed by atoms with E-state index in [1.807, 2.05) is 18.2 Å². The summed E-state index contributed by atoms with van der Waals surface area (Å²) in [6, 6.07) is 12.9.